The summed E-state index contributed by atoms with van der Waals surface area (Å²) >= 11 is 0. The number of carbonyl (C=O) groups is 1. The quantitative estimate of drug-likeness (QED) is 0.783. The smallest absolute Gasteiger partial charge is 0.254 e. The summed E-state index contributed by atoms with van der Waals surface area (Å²) in [4.78, 5) is 14.8. The van der Waals surface area contributed by atoms with Crippen LogP contribution in [0.5, 0.6) is 11.5 Å². The number of hydrogen-bond donors (Lipinski definition) is 1. The molecule has 1 N–H and O–H groups in total. The van der Waals surface area contributed by atoms with Crippen LogP contribution in [0.15, 0.2) is 18.2 Å². The number of methoxy groups -OCH3 is 1. The van der Waals surface area contributed by atoms with Crippen LogP contribution in [0, 0.1) is 0 Å². The molecule has 6 heteroatoms. The maximum Gasteiger partial charge on any atom is 0.254 e. The highest BCUT2D eigenvalue weighted by Crippen LogP contribution is 2.29. The van der Waals surface area contributed by atoms with Crippen LogP contribution in [-0.2, 0) is 0 Å². The summed E-state index contributed by atoms with van der Waals surface area (Å²) < 4.78 is 11.2. The van der Waals surface area contributed by atoms with Gasteiger partial charge in [-0.3, -0.25) is 4.79 Å². The van der Waals surface area contributed by atoms with Gasteiger partial charge in [0.1, 0.15) is 0 Å². The number of nitrogens with one attached hydrogen (secondary N) is 1. The van der Waals surface area contributed by atoms with Crippen LogP contribution in [0.25, 0.3) is 0 Å². The first-order valence-corrected chi connectivity index (χ1v) is 9.07. The van der Waals surface area contributed by atoms with E-state index < -0.39 is 0 Å². The van der Waals surface area contributed by atoms with Crippen molar-refractivity contribution in [1.29, 1.82) is 0 Å². The predicted octanol–water partition coefficient (Wildman–Crippen LogP) is 3.26. The van der Waals surface area contributed by atoms with Gasteiger partial charge in [0.05, 0.1) is 13.7 Å². The number of hydrogen-bond acceptors (Lipinski definition) is 4. The van der Waals surface area contributed by atoms with Crippen LogP contribution < -0.4 is 14.8 Å². The molecular formula is C19H29ClN2O3. The second kappa shape index (κ2) is 9.30. The van der Waals surface area contributed by atoms with Crippen molar-refractivity contribution in [3.63, 3.8) is 0 Å². The Hall–Kier alpha value is -1.46. The molecule has 5 nitrogen and oxygen atoms in total. The van der Waals surface area contributed by atoms with Crippen molar-refractivity contribution in [3.8, 4) is 11.5 Å². The van der Waals surface area contributed by atoms with Crippen molar-refractivity contribution in [2.45, 2.75) is 51.1 Å². The molecule has 0 spiro atoms. The average molecular weight is 369 g/mol. The van der Waals surface area contributed by atoms with Crippen LogP contribution in [0.4, 0.5) is 0 Å². The Morgan fingerprint density at radius 3 is 2.80 bits per heavy atom. The second-order valence-electron chi connectivity index (χ2n) is 6.75. The van der Waals surface area contributed by atoms with E-state index in [0.29, 0.717) is 35.8 Å². The Morgan fingerprint density at radius 1 is 1.24 bits per heavy atom. The third-order valence-electron chi connectivity index (χ3n) is 4.98. The summed E-state index contributed by atoms with van der Waals surface area (Å²) in [5.74, 6) is 1.42. The maximum absolute atomic E-state index is 12.9. The van der Waals surface area contributed by atoms with E-state index in [1.807, 2.05) is 17.0 Å². The first-order chi connectivity index (χ1) is 11.7. The highest BCUT2D eigenvalue weighted by Gasteiger charge is 2.31. The molecule has 0 saturated carbocycles. The van der Waals surface area contributed by atoms with Gasteiger partial charge in [0, 0.05) is 30.7 Å². The number of benzene rings is 1. The third kappa shape index (κ3) is 4.79. The Bertz CT molecular complexity index is 582. The molecule has 1 aromatic carbocycles. The lowest BCUT2D eigenvalue weighted by atomic mass is 10.1. The minimum absolute atomic E-state index is 0. The molecule has 2 unspecified atom stereocenters. The lowest BCUT2D eigenvalue weighted by molar-refractivity contribution is 0.0747. The molecule has 25 heavy (non-hydrogen) atoms. The van der Waals surface area contributed by atoms with Crippen LogP contribution >= 0.6 is 12.4 Å². The predicted molar refractivity (Wildman–Crippen MR) is 101 cm³/mol. The second-order valence-corrected chi connectivity index (χ2v) is 6.75. The minimum atomic E-state index is 0. The number of rotatable bonds is 6. The van der Waals surface area contributed by atoms with Crippen molar-refractivity contribution in [1.82, 2.24) is 10.2 Å². The largest absolute Gasteiger partial charge is 0.493 e. The number of fused-ring (bicyclic) bond motifs is 2. The van der Waals surface area contributed by atoms with Crippen LogP contribution in [-0.4, -0.2) is 49.7 Å². The van der Waals surface area contributed by atoms with Crippen LogP contribution in [0.3, 0.4) is 0 Å². The van der Waals surface area contributed by atoms with Crippen molar-refractivity contribution in [2.75, 3.05) is 26.8 Å². The summed E-state index contributed by atoms with van der Waals surface area (Å²) in [6.07, 6.45) is 5.54. The first kappa shape index (κ1) is 19.9. The molecule has 140 valence electrons. The molecule has 3 rings (SSSR count). The number of amides is 1. The molecule has 1 aromatic rings. The van der Waals surface area contributed by atoms with E-state index in [4.69, 9.17) is 9.47 Å². The number of ether oxygens (including phenoxy) is 2. The molecular weight excluding hydrogens is 340 g/mol. The van der Waals surface area contributed by atoms with Crippen molar-refractivity contribution < 1.29 is 14.3 Å². The highest BCUT2D eigenvalue weighted by atomic mass is 35.5. The number of likely N-dealkylation sites (tertiary alicyclic amines) is 1. The van der Waals surface area contributed by atoms with Crippen molar-refractivity contribution in [2.24, 2.45) is 0 Å². The SMILES string of the molecule is CCCCOc1ccc(C(=O)N2CCC3CCC(C2)N3)cc1OC.Cl. The first-order valence-electron chi connectivity index (χ1n) is 9.07. The Kier molecular flexibility index (Phi) is 7.38. The van der Waals surface area contributed by atoms with Crippen molar-refractivity contribution in [3.05, 3.63) is 23.8 Å². The van der Waals surface area contributed by atoms with Crippen molar-refractivity contribution >= 4 is 18.3 Å². The van der Waals surface area contributed by atoms with Gasteiger partial charge in [-0.05, 0) is 43.9 Å². The van der Waals surface area contributed by atoms with Gasteiger partial charge in [0.2, 0.25) is 0 Å². The Morgan fingerprint density at radius 2 is 2.04 bits per heavy atom. The summed E-state index contributed by atoms with van der Waals surface area (Å²) in [6.45, 7) is 4.42. The van der Waals surface area contributed by atoms with Gasteiger partial charge in [-0.1, -0.05) is 13.3 Å². The van der Waals surface area contributed by atoms with Crippen LogP contribution in [0.1, 0.15) is 49.4 Å². The van der Waals surface area contributed by atoms with E-state index in [2.05, 4.69) is 12.2 Å². The van der Waals surface area contributed by atoms with Gasteiger partial charge in [-0.2, -0.15) is 0 Å². The molecule has 1 amide bonds. The zero-order valence-electron chi connectivity index (χ0n) is 15.1. The normalized spacial score (nSPS) is 22.1. The zero-order chi connectivity index (χ0) is 16.9. The summed E-state index contributed by atoms with van der Waals surface area (Å²) in [6, 6.07) is 6.53. The van der Waals surface area contributed by atoms with E-state index in [1.165, 1.54) is 12.8 Å². The number of carbonyl (C=O) groups excluding carboxylic acids is 1. The molecule has 2 bridgehead atoms. The fourth-order valence-corrected chi connectivity index (χ4v) is 3.56. The van der Waals surface area contributed by atoms with E-state index in [0.717, 1.165) is 32.4 Å². The molecule has 2 aliphatic heterocycles. The fourth-order valence-electron chi connectivity index (χ4n) is 3.56. The van der Waals surface area contributed by atoms with Gasteiger partial charge in [0.25, 0.3) is 5.91 Å². The average Bonchev–Trinajstić information content (AvgIpc) is 2.93. The third-order valence-corrected chi connectivity index (χ3v) is 4.98. The van der Waals surface area contributed by atoms with E-state index >= 15 is 0 Å². The Balaban J connectivity index is 0.00000225. The van der Waals surface area contributed by atoms with E-state index in [9.17, 15) is 4.79 Å². The molecule has 0 aliphatic carbocycles. The number of nitrogens with zero attached hydrogens (tertiary/aromatic N) is 1. The highest BCUT2D eigenvalue weighted by molar-refractivity contribution is 5.95. The fraction of sp³-hybridized carbons (Fsp3) is 0.632. The number of halogens is 1. The number of unbranched alkanes of at least 4 members (excludes halogenated alkanes) is 1. The molecule has 0 aromatic heterocycles. The molecule has 2 atom stereocenters. The van der Waals surface area contributed by atoms with E-state index in [1.54, 1.807) is 13.2 Å². The molecule has 2 heterocycles. The lowest BCUT2D eigenvalue weighted by Gasteiger charge is -2.24. The summed E-state index contributed by atoms with van der Waals surface area (Å²) in [7, 11) is 1.62. The van der Waals surface area contributed by atoms with Gasteiger partial charge in [0.15, 0.2) is 11.5 Å². The van der Waals surface area contributed by atoms with Gasteiger partial charge in [-0.25, -0.2) is 0 Å². The topological polar surface area (TPSA) is 50.8 Å². The maximum atomic E-state index is 12.9. The lowest BCUT2D eigenvalue weighted by Crippen LogP contribution is -2.39. The van der Waals surface area contributed by atoms with Gasteiger partial charge in [-0.15, -0.1) is 12.4 Å². The monoisotopic (exact) mass is 368 g/mol. The molecule has 0 radical (unpaired) electrons. The van der Waals surface area contributed by atoms with E-state index in [-0.39, 0.29) is 18.3 Å². The summed E-state index contributed by atoms with van der Waals surface area (Å²) in [5.41, 5.74) is 0.674. The zero-order valence-corrected chi connectivity index (χ0v) is 15.9. The summed E-state index contributed by atoms with van der Waals surface area (Å²) in [5, 5.41) is 3.61. The molecule has 2 saturated heterocycles. The van der Waals surface area contributed by atoms with Crippen LogP contribution in [0.2, 0.25) is 0 Å². The minimum Gasteiger partial charge on any atom is -0.493 e. The molecule has 2 aliphatic rings. The van der Waals surface area contributed by atoms with Gasteiger partial charge >= 0.3 is 0 Å². The Labute approximate surface area is 156 Å². The van der Waals surface area contributed by atoms with Gasteiger partial charge < -0.3 is 19.7 Å². The standard InChI is InChI=1S/C19H28N2O3.ClH/c1-3-4-11-24-17-8-5-14(12-18(17)23-2)19(22)21-10-9-15-6-7-16(13-21)20-15;/h5,8,12,15-16,20H,3-4,6-7,9-11,13H2,1-2H3;1H. The molecule has 2 fully saturated rings.